The van der Waals surface area contributed by atoms with Gasteiger partial charge in [0.05, 0.1) is 12.4 Å². The lowest BCUT2D eigenvalue weighted by Gasteiger charge is -2.04. The van der Waals surface area contributed by atoms with Crippen molar-refractivity contribution in [3.05, 3.63) is 0 Å². The van der Waals surface area contributed by atoms with Gasteiger partial charge in [-0.05, 0) is 19.9 Å². The minimum atomic E-state index is -2.89. The average molecular weight is 251 g/mol. The number of esters is 1. The van der Waals surface area contributed by atoms with Gasteiger partial charge in [-0.15, -0.1) is 0 Å². The Morgan fingerprint density at radius 2 is 1.94 bits per heavy atom. The quantitative estimate of drug-likeness (QED) is 0.473. The van der Waals surface area contributed by atoms with E-state index in [9.17, 15) is 13.2 Å². The van der Waals surface area contributed by atoms with Gasteiger partial charge in [-0.25, -0.2) is 8.42 Å². The molecule has 0 bridgehead atoms. The zero-order valence-corrected chi connectivity index (χ0v) is 10.8. The molecule has 1 N–H and O–H groups in total. The lowest BCUT2D eigenvalue weighted by molar-refractivity contribution is -0.143. The van der Waals surface area contributed by atoms with E-state index < -0.39 is 9.84 Å². The van der Waals surface area contributed by atoms with Gasteiger partial charge in [0, 0.05) is 18.7 Å². The van der Waals surface area contributed by atoms with Crippen LogP contribution in [0, 0.1) is 0 Å². The van der Waals surface area contributed by atoms with Gasteiger partial charge in [0.1, 0.15) is 0 Å². The highest BCUT2D eigenvalue weighted by molar-refractivity contribution is 7.91. The smallest absolute Gasteiger partial charge is 0.305 e. The Balaban J connectivity index is 3.38. The van der Waals surface area contributed by atoms with Gasteiger partial charge in [0.25, 0.3) is 0 Å². The van der Waals surface area contributed by atoms with Gasteiger partial charge >= 0.3 is 5.97 Å². The largest absolute Gasteiger partial charge is 0.466 e. The molecule has 0 rings (SSSR count). The van der Waals surface area contributed by atoms with E-state index in [-0.39, 0.29) is 17.5 Å². The molecule has 0 aromatic heterocycles. The van der Waals surface area contributed by atoms with Crippen molar-refractivity contribution >= 4 is 15.8 Å². The molecule has 0 atom stereocenters. The highest BCUT2D eigenvalue weighted by atomic mass is 32.2. The van der Waals surface area contributed by atoms with Crippen LogP contribution >= 0.6 is 0 Å². The topological polar surface area (TPSA) is 72.5 Å². The van der Waals surface area contributed by atoms with E-state index in [1.165, 1.54) is 0 Å². The molecule has 0 aliphatic heterocycles. The van der Waals surface area contributed by atoms with Crippen molar-refractivity contribution in [2.75, 3.05) is 31.2 Å². The Kier molecular flexibility index (Phi) is 8.19. The molecule has 0 aromatic carbocycles. The number of ether oxygens (including phenoxy) is 1. The Morgan fingerprint density at radius 1 is 1.25 bits per heavy atom. The molecule has 0 saturated carbocycles. The van der Waals surface area contributed by atoms with E-state index in [1.54, 1.807) is 13.8 Å². The number of carbonyl (C=O) groups is 1. The van der Waals surface area contributed by atoms with Crippen molar-refractivity contribution in [2.24, 2.45) is 0 Å². The monoisotopic (exact) mass is 251 g/mol. The van der Waals surface area contributed by atoms with Gasteiger partial charge in [0.15, 0.2) is 9.84 Å². The van der Waals surface area contributed by atoms with Crippen LogP contribution in [0.25, 0.3) is 0 Å². The van der Waals surface area contributed by atoms with Gasteiger partial charge in [-0.3, -0.25) is 4.79 Å². The molecule has 96 valence electrons. The number of rotatable bonds is 9. The number of hydrogen-bond donors (Lipinski definition) is 1. The maximum absolute atomic E-state index is 11.1. The molecule has 16 heavy (non-hydrogen) atoms. The zero-order chi connectivity index (χ0) is 12.4. The molecule has 0 aliphatic carbocycles. The summed E-state index contributed by atoms with van der Waals surface area (Å²) >= 11 is 0. The molecule has 0 fully saturated rings. The normalized spacial score (nSPS) is 11.4. The average Bonchev–Trinajstić information content (AvgIpc) is 2.23. The number of sulfone groups is 1. The molecule has 0 unspecified atom stereocenters. The van der Waals surface area contributed by atoms with Crippen LogP contribution < -0.4 is 5.32 Å². The molecule has 0 radical (unpaired) electrons. The number of carbonyl (C=O) groups excluding carboxylic acids is 1. The molecule has 0 saturated heterocycles. The summed E-state index contributed by atoms with van der Waals surface area (Å²) in [5.41, 5.74) is 0. The third-order valence-electron chi connectivity index (χ3n) is 2.07. The van der Waals surface area contributed by atoms with E-state index >= 15 is 0 Å². The van der Waals surface area contributed by atoms with Crippen molar-refractivity contribution in [3.63, 3.8) is 0 Å². The molecule has 0 heterocycles. The van der Waals surface area contributed by atoms with Gasteiger partial charge < -0.3 is 10.1 Å². The van der Waals surface area contributed by atoms with Crippen LogP contribution in [0.4, 0.5) is 0 Å². The van der Waals surface area contributed by atoms with E-state index in [0.29, 0.717) is 32.5 Å². The van der Waals surface area contributed by atoms with Crippen molar-refractivity contribution in [1.29, 1.82) is 0 Å². The van der Waals surface area contributed by atoms with E-state index in [1.807, 2.05) is 0 Å². The van der Waals surface area contributed by atoms with Crippen LogP contribution in [0.3, 0.4) is 0 Å². The summed E-state index contributed by atoms with van der Waals surface area (Å²) in [5, 5.41) is 2.99. The van der Waals surface area contributed by atoms with Gasteiger partial charge in [-0.1, -0.05) is 6.92 Å². The molecule has 6 heteroatoms. The Hall–Kier alpha value is -0.620. The fourth-order valence-electron chi connectivity index (χ4n) is 1.09. The third-order valence-corrected chi connectivity index (χ3v) is 3.78. The van der Waals surface area contributed by atoms with Crippen molar-refractivity contribution in [2.45, 2.75) is 26.7 Å². The summed E-state index contributed by atoms with van der Waals surface area (Å²) < 4.78 is 27.0. The summed E-state index contributed by atoms with van der Waals surface area (Å²) in [6.45, 7) is 4.89. The first-order valence-electron chi connectivity index (χ1n) is 5.58. The molecule has 5 nitrogen and oxygen atoms in total. The fraction of sp³-hybridized carbons (Fsp3) is 0.900. The Labute approximate surface area is 97.5 Å². The summed E-state index contributed by atoms with van der Waals surface area (Å²) in [6, 6.07) is 0. The lowest BCUT2D eigenvalue weighted by atomic mass is 10.3. The van der Waals surface area contributed by atoms with Crippen LogP contribution in [-0.4, -0.2) is 45.6 Å². The second kappa shape index (κ2) is 8.52. The van der Waals surface area contributed by atoms with Crippen LogP contribution in [0.1, 0.15) is 26.7 Å². The van der Waals surface area contributed by atoms with Crippen LogP contribution in [0.2, 0.25) is 0 Å². The van der Waals surface area contributed by atoms with Crippen molar-refractivity contribution in [3.8, 4) is 0 Å². The van der Waals surface area contributed by atoms with E-state index in [2.05, 4.69) is 5.32 Å². The van der Waals surface area contributed by atoms with Gasteiger partial charge in [-0.2, -0.15) is 0 Å². The molecule has 0 spiro atoms. The Bertz CT molecular complexity index is 287. The zero-order valence-electron chi connectivity index (χ0n) is 9.99. The molecular formula is C10H21NO4S. The summed E-state index contributed by atoms with van der Waals surface area (Å²) in [4.78, 5) is 10.9. The van der Waals surface area contributed by atoms with Crippen LogP contribution in [0.5, 0.6) is 0 Å². The first-order valence-corrected chi connectivity index (χ1v) is 7.40. The standard InChI is InChI=1S/C10H21NO4S/c1-3-15-10(12)6-5-7-11-8-9-16(13,14)4-2/h11H,3-9H2,1-2H3. The summed E-state index contributed by atoms with van der Waals surface area (Å²) in [5.74, 6) is 0.130. The third kappa shape index (κ3) is 8.67. The maximum Gasteiger partial charge on any atom is 0.305 e. The number of nitrogens with one attached hydrogen (secondary N) is 1. The minimum absolute atomic E-state index is 0.156. The fourth-order valence-corrected chi connectivity index (χ4v) is 1.83. The predicted octanol–water partition coefficient (Wildman–Crippen LogP) is 0.354. The molecule has 0 aromatic rings. The van der Waals surface area contributed by atoms with Crippen LogP contribution in [-0.2, 0) is 19.4 Å². The lowest BCUT2D eigenvalue weighted by Crippen LogP contribution is -2.25. The molecule has 0 amide bonds. The summed E-state index contributed by atoms with van der Waals surface area (Å²) in [7, 11) is -2.89. The number of hydrogen-bond acceptors (Lipinski definition) is 5. The predicted molar refractivity (Wildman–Crippen MR) is 63.1 cm³/mol. The van der Waals surface area contributed by atoms with Crippen molar-refractivity contribution < 1.29 is 17.9 Å². The maximum atomic E-state index is 11.1. The second-order valence-electron chi connectivity index (χ2n) is 3.39. The Morgan fingerprint density at radius 3 is 2.50 bits per heavy atom. The van der Waals surface area contributed by atoms with Gasteiger partial charge in [0.2, 0.25) is 0 Å². The first kappa shape index (κ1) is 15.4. The van der Waals surface area contributed by atoms with Crippen molar-refractivity contribution in [1.82, 2.24) is 5.32 Å². The van der Waals surface area contributed by atoms with E-state index in [0.717, 1.165) is 0 Å². The van der Waals surface area contributed by atoms with Crippen LogP contribution in [0.15, 0.2) is 0 Å². The summed E-state index contributed by atoms with van der Waals surface area (Å²) in [6.07, 6.45) is 1.05. The SMILES string of the molecule is CCOC(=O)CCCNCCS(=O)(=O)CC. The second-order valence-corrected chi connectivity index (χ2v) is 5.87. The first-order chi connectivity index (χ1) is 7.52. The highest BCUT2D eigenvalue weighted by Crippen LogP contribution is 1.92. The van der Waals surface area contributed by atoms with E-state index in [4.69, 9.17) is 4.74 Å². The molecule has 0 aliphatic rings. The minimum Gasteiger partial charge on any atom is -0.466 e. The highest BCUT2D eigenvalue weighted by Gasteiger charge is 2.06. The molecular weight excluding hydrogens is 230 g/mol.